The molecule has 0 fully saturated rings. The molecule has 2 amide bonds. The molecular weight excluding hydrogens is 500 g/mol. The Kier molecular flexibility index (Phi) is 10.5. The number of carbonyl (C=O) groups excluding carboxylic acids is 4. The fraction of sp³-hybridized carbons (Fsp3) is 0.467. The van der Waals surface area contributed by atoms with Gasteiger partial charge in [0.2, 0.25) is 5.91 Å². The fourth-order valence-corrected chi connectivity index (χ4v) is 4.32. The zero-order valence-corrected chi connectivity index (χ0v) is 23.1. The highest BCUT2D eigenvalue weighted by Gasteiger charge is 2.31. The van der Waals surface area contributed by atoms with Crippen LogP contribution in [-0.4, -0.2) is 55.3 Å². The third-order valence-corrected chi connectivity index (χ3v) is 6.18. The lowest BCUT2D eigenvalue weighted by atomic mass is 9.98. The number of ether oxygens (including phenoxy) is 3. The van der Waals surface area contributed by atoms with Crippen LogP contribution < -0.4 is 10.6 Å². The van der Waals surface area contributed by atoms with Gasteiger partial charge in [0.05, 0.1) is 6.61 Å². The van der Waals surface area contributed by atoms with E-state index in [2.05, 4.69) is 10.6 Å². The Labute approximate surface area is 229 Å². The molecular formula is C30H38N2O7. The number of nitrogens with one attached hydrogen (secondary N) is 2. The maximum absolute atomic E-state index is 12.8. The summed E-state index contributed by atoms with van der Waals surface area (Å²) in [4.78, 5) is 49.6. The van der Waals surface area contributed by atoms with E-state index in [1.54, 1.807) is 20.8 Å². The van der Waals surface area contributed by atoms with Gasteiger partial charge in [-0.15, -0.1) is 0 Å². The summed E-state index contributed by atoms with van der Waals surface area (Å²) in [7, 11) is 0. The van der Waals surface area contributed by atoms with Gasteiger partial charge in [0, 0.05) is 12.3 Å². The summed E-state index contributed by atoms with van der Waals surface area (Å²) in [6.07, 6.45) is 0.708. The van der Waals surface area contributed by atoms with Gasteiger partial charge in [0.1, 0.15) is 24.8 Å². The van der Waals surface area contributed by atoms with Gasteiger partial charge in [-0.1, -0.05) is 61.9 Å². The molecule has 1 unspecified atom stereocenters. The standard InChI is InChI=1S/C30H38N2O7/c1-5-6-17-37-27(34)18-31-26(33)16-15-25(28(35)39-30(2,3)4)32-29(36)38-19-24-22-13-9-7-11-20(22)21-12-8-10-14-23(21)24/h7-14,24-25H,5-6,15-19H2,1-4H3,(H,31,33)(H,32,36). The van der Waals surface area contributed by atoms with Crippen LogP contribution in [0.15, 0.2) is 48.5 Å². The number of esters is 2. The Morgan fingerprint density at radius 3 is 2.13 bits per heavy atom. The van der Waals surface area contributed by atoms with Crippen LogP contribution in [0.2, 0.25) is 0 Å². The molecule has 2 aromatic rings. The number of hydrogen-bond acceptors (Lipinski definition) is 7. The number of benzene rings is 2. The summed E-state index contributed by atoms with van der Waals surface area (Å²) in [6, 6.07) is 14.9. The van der Waals surface area contributed by atoms with Gasteiger partial charge < -0.3 is 24.8 Å². The topological polar surface area (TPSA) is 120 Å². The van der Waals surface area contributed by atoms with Crippen LogP contribution in [0.4, 0.5) is 4.79 Å². The van der Waals surface area contributed by atoms with E-state index in [9.17, 15) is 19.2 Å². The van der Waals surface area contributed by atoms with Crippen molar-refractivity contribution < 1.29 is 33.4 Å². The molecule has 39 heavy (non-hydrogen) atoms. The molecule has 1 aliphatic carbocycles. The smallest absolute Gasteiger partial charge is 0.407 e. The molecule has 2 aromatic carbocycles. The number of carbonyl (C=O) groups is 4. The van der Waals surface area contributed by atoms with Crippen molar-refractivity contribution in [3.63, 3.8) is 0 Å². The van der Waals surface area contributed by atoms with Crippen LogP contribution in [0.1, 0.15) is 70.4 Å². The predicted octanol–water partition coefficient (Wildman–Crippen LogP) is 4.48. The van der Waals surface area contributed by atoms with Crippen molar-refractivity contribution in [3.05, 3.63) is 59.7 Å². The zero-order valence-electron chi connectivity index (χ0n) is 23.1. The Hall–Kier alpha value is -3.88. The Bertz CT molecular complexity index is 1130. The molecule has 0 bridgehead atoms. The van der Waals surface area contributed by atoms with Gasteiger partial charge in [0.15, 0.2) is 0 Å². The zero-order chi connectivity index (χ0) is 28.4. The van der Waals surface area contributed by atoms with Crippen LogP contribution in [0.3, 0.4) is 0 Å². The second-order valence-electron chi connectivity index (χ2n) is 10.4. The lowest BCUT2D eigenvalue weighted by Crippen LogP contribution is -2.45. The van der Waals surface area contributed by atoms with E-state index in [1.165, 1.54) is 0 Å². The summed E-state index contributed by atoms with van der Waals surface area (Å²) < 4.78 is 16.0. The highest BCUT2D eigenvalue weighted by molar-refractivity contribution is 5.85. The molecule has 9 nitrogen and oxygen atoms in total. The molecule has 9 heteroatoms. The molecule has 0 saturated carbocycles. The van der Waals surface area contributed by atoms with Crippen LogP contribution in [-0.2, 0) is 28.6 Å². The van der Waals surface area contributed by atoms with Gasteiger partial charge >= 0.3 is 18.0 Å². The van der Waals surface area contributed by atoms with Gasteiger partial charge in [-0.05, 0) is 55.9 Å². The Morgan fingerprint density at radius 2 is 1.54 bits per heavy atom. The second-order valence-corrected chi connectivity index (χ2v) is 10.4. The second kappa shape index (κ2) is 13.8. The van der Waals surface area contributed by atoms with Gasteiger partial charge in [-0.25, -0.2) is 9.59 Å². The van der Waals surface area contributed by atoms with Crippen molar-refractivity contribution in [2.45, 2.75) is 70.9 Å². The average Bonchev–Trinajstić information content (AvgIpc) is 3.21. The van der Waals surface area contributed by atoms with Crippen molar-refractivity contribution in [2.75, 3.05) is 19.8 Å². The van der Waals surface area contributed by atoms with Crippen molar-refractivity contribution in [1.82, 2.24) is 10.6 Å². The number of hydrogen-bond donors (Lipinski definition) is 2. The molecule has 0 radical (unpaired) electrons. The molecule has 1 aliphatic rings. The SMILES string of the molecule is CCCCOC(=O)CNC(=O)CCC(NC(=O)OCC1c2ccccc2-c2ccccc21)C(=O)OC(C)(C)C. The molecule has 0 aromatic heterocycles. The minimum absolute atomic E-state index is 0.0319. The van der Waals surface area contributed by atoms with E-state index in [0.717, 1.165) is 35.1 Å². The summed E-state index contributed by atoms with van der Waals surface area (Å²) in [5.74, 6) is -1.80. The first-order chi connectivity index (χ1) is 18.6. The fourth-order valence-electron chi connectivity index (χ4n) is 4.32. The van der Waals surface area contributed by atoms with Crippen LogP contribution >= 0.6 is 0 Å². The number of alkyl carbamates (subject to hydrolysis) is 1. The van der Waals surface area contributed by atoms with Crippen LogP contribution in [0.25, 0.3) is 11.1 Å². The summed E-state index contributed by atoms with van der Waals surface area (Å²) in [5, 5.41) is 5.04. The average molecular weight is 539 g/mol. The number of amides is 2. The molecule has 1 atom stereocenters. The van der Waals surface area contributed by atoms with E-state index >= 15 is 0 Å². The molecule has 3 rings (SSSR count). The highest BCUT2D eigenvalue weighted by Crippen LogP contribution is 2.44. The Morgan fingerprint density at radius 1 is 0.923 bits per heavy atom. The molecule has 0 heterocycles. The molecule has 210 valence electrons. The Balaban J connectivity index is 1.57. The summed E-state index contributed by atoms with van der Waals surface area (Å²) in [6.45, 7) is 7.24. The van der Waals surface area contributed by atoms with Crippen molar-refractivity contribution in [1.29, 1.82) is 0 Å². The molecule has 2 N–H and O–H groups in total. The number of unbranched alkanes of at least 4 members (excludes halogenated alkanes) is 1. The first-order valence-corrected chi connectivity index (χ1v) is 13.4. The monoisotopic (exact) mass is 538 g/mol. The maximum Gasteiger partial charge on any atom is 0.407 e. The first kappa shape index (κ1) is 29.7. The van der Waals surface area contributed by atoms with Crippen LogP contribution in [0.5, 0.6) is 0 Å². The van der Waals surface area contributed by atoms with E-state index in [1.807, 2.05) is 55.5 Å². The van der Waals surface area contributed by atoms with E-state index in [4.69, 9.17) is 14.2 Å². The van der Waals surface area contributed by atoms with Gasteiger partial charge in [-0.3, -0.25) is 9.59 Å². The van der Waals surface area contributed by atoms with Gasteiger partial charge in [0.25, 0.3) is 0 Å². The molecule has 0 aliphatic heterocycles. The minimum Gasteiger partial charge on any atom is -0.464 e. The number of fused-ring (bicyclic) bond motifs is 3. The van der Waals surface area contributed by atoms with Crippen molar-refractivity contribution in [3.8, 4) is 11.1 Å². The van der Waals surface area contributed by atoms with E-state index < -0.39 is 35.6 Å². The first-order valence-electron chi connectivity index (χ1n) is 13.4. The summed E-state index contributed by atoms with van der Waals surface area (Å²) >= 11 is 0. The van der Waals surface area contributed by atoms with Crippen molar-refractivity contribution in [2.24, 2.45) is 0 Å². The van der Waals surface area contributed by atoms with Crippen molar-refractivity contribution >= 4 is 23.9 Å². The van der Waals surface area contributed by atoms with Gasteiger partial charge in [-0.2, -0.15) is 0 Å². The number of rotatable bonds is 12. The van der Waals surface area contributed by atoms with E-state index in [-0.39, 0.29) is 31.9 Å². The quantitative estimate of drug-likeness (QED) is 0.232. The summed E-state index contributed by atoms with van der Waals surface area (Å²) in [5.41, 5.74) is 3.56. The lowest BCUT2D eigenvalue weighted by Gasteiger charge is -2.24. The lowest BCUT2D eigenvalue weighted by molar-refractivity contribution is -0.157. The normalized spacial score (nSPS) is 13.0. The third-order valence-electron chi connectivity index (χ3n) is 6.18. The minimum atomic E-state index is -1.11. The largest absolute Gasteiger partial charge is 0.464 e. The molecule has 0 spiro atoms. The maximum atomic E-state index is 12.8. The van der Waals surface area contributed by atoms with Crippen LogP contribution in [0, 0.1) is 0 Å². The highest BCUT2D eigenvalue weighted by atomic mass is 16.6. The van der Waals surface area contributed by atoms with E-state index in [0.29, 0.717) is 6.61 Å². The predicted molar refractivity (Wildman–Crippen MR) is 146 cm³/mol. The molecule has 0 saturated heterocycles. The third kappa shape index (κ3) is 8.84.